The van der Waals surface area contributed by atoms with Crippen LogP contribution in [0.3, 0.4) is 0 Å². The van der Waals surface area contributed by atoms with Crippen LogP contribution in [0.4, 0.5) is 0 Å². The van der Waals surface area contributed by atoms with Crippen molar-refractivity contribution >= 4 is 5.91 Å². The first-order chi connectivity index (χ1) is 7.88. The molecule has 1 heterocycles. The Kier molecular flexibility index (Phi) is 4.88. The van der Waals surface area contributed by atoms with E-state index in [9.17, 15) is 15.0 Å². The number of rotatable bonds is 3. The quantitative estimate of drug-likeness (QED) is 0.493. The smallest absolute Gasteiger partial charge is 0.217 e. The van der Waals surface area contributed by atoms with E-state index in [1.807, 2.05) is 13.8 Å². The lowest BCUT2D eigenvalue weighted by Crippen LogP contribution is -2.65. The fraction of sp³-hybridized carbons (Fsp3) is 0.909. The second-order valence-corrected chi connectivity index (χ2v) is 4.77. The summed E-state index contributed by atoms with van der Waals surface area (Å²) in [7, 11) is 0. The van der Waals surface area contributed by atoms with Gasteiger partial charge in [0.05, 0.1) is 18.8 Å². The summed E-state index contributed by atoms with van der Waals surface area (Å²) in [4.78, 5) is 11.1. The summed E-state index contributed by atoms with van der Waals surface area (Å²) >= 11 is 0. The van der Waals surface area contributed by atoms with E-state index in [2.05, 4.69) is 5.32 Å². The Morgan fingerprint density at radius 3 is 2.35 bits per heavy atom. The number of carbonyl (C=O) groups excluding carboxylic acids is 1. The van der Waals surface area contributed by atoms with Gasteiger partial charge in [-0.3, -0.25) is 4.79 Å². The topological polar surface area (TPSA) is 99.0 Å². The molecule has 4 N–H and O–H groups in total. The zero-order valence-corrected chi connectivity index (χ0v) is 10.3. The molecule has 0 radical (unpaired) electrons. The first-order valence-corrected chi connectivity index (χ1v) is 5.78. The summed E-state index contributed by atoms with van der Waals surface area (Å²) in [5.41, 5.74) is 0. The molecular weight excluding hydrogens is 226 g/mol. The molecule has 0 saturated carbocycles. The van der Waals surface area contributed by atoms with Gasteiger partial charge in [0.15, 0.2) is 0 Å². The van der Waals surface area contributed by atoms with E-state index in [-0.39, 0.29) is 18.4 Å². The Morgan fingerprint density at radius 2 is 1.94 bits per heavy atom. The number of hydrogen-bond donors (Lipinski definition) is 4. The van der Waals surface area contributed by atoms with Crippen molar-refractivity contribution in [2.75, 3.05) is 6.61 Å². The van der Waals surface area contributed by atoms with Crippen molar-refractivity contribution in [3.63, 3.8) is 0 Å². The summed E-state index contributed by atoms with van der Waals surface area (Å²) < 4.78 is 5.52. The minimum atomic E-state index is -1.20. The number of aliphatic hydroxyl groups excluding tert-OH is 3. The molecule has 1 aliphatic heterocycles. The molecule has 1 fully saturated rings. The van der Waals surface area contributed by atoms with Gasteiger partial charge >= 0.3 is 0 Å². The van der Waals surface area contributed by atoms with Gasteiger partial charge < -0.3 is 25.4 Å². The predicted octanol–water partition coefficient (Wildman–Crippen LogP) is -1.37. The van der Waals surface area contributed by atoms with Crippen LogP contribution in [-0.2, 0) is 9.53 Å². The molecule has 17 heavy (non-hydrogen) atoms. The number of nitrogens with one attached hydrogen (secondary N) is 1. The first-order valence-electron chi connectivity index (χ1n) is 5.78. The highest BCUT2D eigenvalue weighted by molar-refractivity contribution is 5.73. The highest BCUT2D eigenvalue weighted by Gasteiger charge is 2.45. The van der Waals surface area contributed by atoms with Crippen LogP contribution in [0, 0.1) is 5.92 Å². The second kappa shape index (κ2) is 5.77. The van der Waals surface area contributed by atoms with Crippen LogP contribution in [0.1, 0.15) is 20.8 Å². The van der Waals surface area contributed by atoms with Crippen LogP contribution < -0.4 is 5.32 Å². The summed E-state index contributed by atoms with van der Waals surface area (Å²) in [6, 6.07) is -0.662. The monoisotopic (exact) mass is 247 g/mol. The molecule has 5 atom stereocenters. The molecule has 0 aromatic rings. The summed E-state index contributed by atoms with van der Waals surface area (Å²) in [6.45, 7) is 4.75. The molecule has 6 nitrogen and oxygen atoms in total. The number of carbonyl (C=O) groups is 1. The van der Waals surface area contributed by atoms with Gasteiger partial charge in [-0.15, -0.1) is 0 Å². The third-order valence-electron chi connectivity index (χ3n) is 2.99. The fourth-order valence-electron chi connectivity index (χ4n) is 2.12. The standard InChI is InChI=1S/C11H21NO5/c1-5(2)11-8(12-6(3)14)10(16)9(15)7(4-13)17-11/h5,7-11,13,15-16H,4H2,1-3H3,(H,12,14)/t7?,8?,9-,10+,11-/m0/s1. The van der Waals surface area contributed by atoms with Gasteiger partial charge in [0.2, 0.25) is 5.91 Å². The summed E-state index contributed by atoms with van der Waals surface area (Å²) in [5.74, 6) is -0.249. The third kappa shape index (κ3) is 3.16. The van der Waals surface area contributed by atoms with Crippen molar-refractivity contribution in [1.82, 2.24) is 5.32 Å². The molecule has 0 spiro atoms. The van der Waals surface area contributed by atoms with Crippen LogP contribution in [0.25, 0.3) is 0 Å². The molecule has 1 aliphatic rings. The molecule has 6 heteroatoms. The van der Waals surface area contributed by atoms with Gasteiger partial charge in [-0.25, -0.2) is 0 Å². The SMILES string of the molecule is CC(=O)NC1[C@H](C(C)C)OC(CO)[C@H](O)[C@@H]1O. The van der Waals surface area contributed by atoms with E-state index in [0.29, 0.717) is 0 Å². The van der Waals surface area contributed by atoms with Crippen molar-refractivity contribution in [3.8, 4) is 0 Å². The van der Waals surface area contributed by atoms with Crippen LogP contribution in [0.5, 0.6) is 0 Å². The molecule has 1 rings (SSSR count). The lowest BCUT2D eigenvalue weighted by atomic mass is 9.87. The highest BCUT2D eigenvalue weighted by atomic mass is 16.5. The van der Waals surface area contributed by atoms with Crippen LogP contribution in [0.15, 0.2) is 0 Å². The van der Waals surface area contributed by atoms with Crippen molar-refractivity contribution in [3.05, 3.63) is 0 Å². The summed E-state index contributed by atoms with van der Waals surface area (Å²) in [6.07, 6.45) is -3.60. The molecule has 0 bridgehead atoms. The summed E-state index contributed by atoms with van der Waals surface area (Å²) in [5, 5.41) is 31.3. The number of ether oxygens (including phenoxy) is 1. The van der Waals surface area contributed by atoms with Gasteiger partial charge in [0.1, 0.15) is 18.3 Å². The Bertz CT molecular complexity index is 271. The van der Waals surface area contributed by atoms with Crippen molar-refractivity contribution in [1.29, 1.82) is 0 Å². The first kappa shape index (κ1) is 14.4. The van der Waals surface area contributed by atoms with E-state index >= 15 is 0 Å². The minimum Gasteiger partial charge on any atom is -0.394 e. The molecule has 0 aliphatic carbocycles. The number of aliphatic hydroxyl groups is 3. The van der Waals surface area contributed by atoms with E-state index in [0.717, 1.165) is 0 Å². The third-order valence-corrected chi connectivity index (χ3v) is 2.99. The normalized spacial score (nSPS) is 38.2. The maximum Gasteiger partial charge on any atom is 0.217 e. The van der Waals surface area contributed by atoms with Gasteiger partial charge in [0.25, 0.3) is 0 Å². The van der Waals surface area contributed by atoms with Gasteiger partial charge in [0, 0.05) is 6.92 Å². The Morgan fingerprint density at radius 1 is 1.35 bits per heavy atom. The zero-order valence-electron chi connectivity index (χ0n) is 10.3. The van der Waals surface area contributed by atoms with E-state index < -0.39 is 30.5 Å². The van der Waals surface area contributed by atoms with Crippen molar-refractivity contribution in [2.24, 2.45) is 5.92 Å². The average Bonchev–Trinajstić information content (AvgIpc) is 2.24. The van der Waals surface area contributed by atoms with E-state index in [1.165, 1.54) is 6.92 Å². The Hall–Kier alpha value is -0.690. The number of hydrogen-bond acceptors (Lipinski definition) is 5. The Balaban J connectivity index is 2.86. The van der Waals surface area contributed by atoms with Crippen molar-refractivity contribution < 1.29 is 24.9 Å². The van der Waals surface area contributed by atoms with Crippen LogP contribution >= 0.6 is 0 Å². The second-order valence-electron chi connectivity index (χ2n) is 4.77. The van der Waals surface area contributed by atoms with Crippen LogP contribution in [-0.4, -0.2) is 58.3 Å². The van der Waals surface area contributed by atoms with Crippen LogP contribution in [0.2, 0.25) is 0 Å². The van der Waals surface area contributed by atoms with Gasteiger partial charge in [-0.1, -0.05) is 13.8 Å². The molecule has 1 saturated heterocycles. The molecule has 0 aromatic carbocycles. The lowest BCUT2D eigenvalue weighted by molar-refractivity contribution is -0.204. The number of amides is 1. The van der Waals surface area contributed by atoms with Gasteiger partial charge in [-0.05, 0) is 5.92 Å². The molecule has 1 amide bonds. The van der Waals surface area contributed by atoms with E-state index in [1.54, 1.807) is 0 Å². The maximum absolute atomic E-state index is 11.1. The average molecular weight is 247 g/mol. The van der Waals surface area contributed by atoms with Gasteiger partial charge in [-0.2, -0.15) is 0 Å². The largest absolute Gasteiger partial charge is 0.394 e. The van der Waals surface area contributed by atoms with E-state index in [4.69, 9.17) is 9.84 Å². The molecule has 100 valence electrons. The molecule has 0 aromatic heterocycles. The zero-order chi connectivity index (χ0) is 13.2. The molecular formula is C11H21NO5. The highest BCUT2D eigenvalue weighted by Crippen LogP contribution is 2.25. The lowest BCUT2D eigenvalue weighted by Gasteiger charge is -2.44. The maximum atomic E-state index is 11.1. The Labute approximate surface area is 101 Å². The predicted molar refractivity (Wildman–Crippen MR) is 60.2 cm³/mol. The fourth-order valence-corrected chi connectivity index (χ4v) is 2.12. The minimum absolute atomic E-state index is 0.0445. The van der Waals surface area contributed by atoms with Crippen molar-refractivity contribution in [2.45, 2.75) is 51.2 Å². The molecule has 2 unspecified atom stereocenters.